The van der Waals surface area contributed by atoms with Gasteiger partial charge in [-0.3, -0.25) is 9.97 Å². The Morgan fingerprint density at radius 2 is 2.17 bits per heavy atom. The Balaban J connectivity index is 2.45. The van der Waals surface area contributed by atoms with Crippen LogP contribution in [0.3, 0.4) is 0 Å². The molecule has 0 bridgehead atoms. The minimum absolute atomic E-state index is 0.723. The van der Waals surface area contributed by atoms with Gasteiger partial charge in [0, 0.05) is 18.5 Å². The maximum Gasteiger partial charge on any atom is 0.134 e. The molecule has 4 nitrogen and oxygen atoms in total. The monoisotopic (exact) mass is 161 g/mol. The number of aromatic nitrogens is 3. The summed E-state index contributed by atoms with van der Waals surface area (Å²) in [5.41, 5.74) is 1.45. The molecule has 2 aromatic heterocycles. The van der Waals surface area contributed by atoms with E-state index in [2.05, 4.69) is 15.1 Å². The fourth-order valence-electron chi connectivity index (χ4n) is 0.918. The van der Waals surface area contributed by atoms with E-state index in [0.717, 1.165) is 17.1 Å². The first-order valence-corrected chi connectivity index (χ1v) is 3.56. The Bertz CT molecular complexity index is 369. The molecular weight excluding hydrogens is 154 g/mol. The Kier molecular flexibility index (Phi) is 1.59. The molecule has 0 radical (unpaired) electrons. The van der Waals surface area contributed by atoms with Gasteiger partial charge in [0.2, 0.25) is 0 Å². The van der Waals surface area contributed by atoms with E-state index in [-0.39, 0.29) is 0 Å². The van der Waals surface area contributed by atoms with Crippen LogP contribution in [0.5, 0.6) is 0 Å². The Labute approximate surface area is 69.3 Å². The van der Waals surface area contributed by atoms with E-state index >= 15 is 0 Å². The van der Waals surface area contributed by atoms with Crippen LogP contribution in [-0.2, 0) is 0 Å². The molecule has 2 rings (SSSR count). The molecule has 0 saturated carbocycles. The van der Waals surface area contributed by atoms with E-state index in [9.17, 15) is 0 Å². The van der Waals surface area contributed by atoms with Crippen LogP contribution >= 0.6 is 0 Å². The van der Waals surface area contributed by atoms with Gasteiger partial charge in [-0.2, -0.15) is 0 Å². The van der Waals surface area contributed by atoms with Gasteiger partial charge >= 0.3 is 0 Å². The van der Waals surface area contributed by atoms with Crippen LogP contribution in [0.25, 0.3) is 11.4 Å². The van der Waals surface area contributed by atoms with Gasteiger partial charge in [0.1, 0.15) is 17.1 Å². The summed E-state index contributed by atoms with van der Waals surface area (Å²) < 4.78 is 4.90. The summed E-state index contributed by atoms with van der Waals surface area (Å²) in [5.74, 6) is 0.774. The zero-order valence-electron chi connectivity index (χ0n) is 6.56. The van der Waals surface area contributed by atoms with Crippen molar-refractivity contribution in [3.8, 4) is 11.4 Å². The molecule has 2 aromatic rings. The second kappa shape index (κ2) is 2.73. The topological polar surface area (TPSA) is 51.8 Å². The largest absolute Gasteiger partial charge is 0.361 e. The van der Waals surface area contributed by atoms with Crippen LogP contribution in [0.15, 0.2) is 29.2 Å². The van der Waals surface area contributed by atoms with Crippen LogP contribution < -0.4 is 0 Å². The van der Waals surface area contributed by atoms with Gasteiger partial charge in [-0.1, -0.05) is 5.16 Å². The van der Waals surface area contributed by atoms with Crippen LogP contribution in [0, 0.1) is 6.92 Å². The Morgan fingerprint density at radius 3 is 2.75 bits per heavy atom. The molecular formula is C8H7N3O. The first kappa shape index (κ1) is 6.97. The van der Waals surface area contributed by atoms with Crippen molar-refractivity contribution in [3.63, 3.8) is 0 Å². The highest BCUT2D eigenvalue weighted by Crippen LogP contribution is 2.13. The van der Waals surface area contributed by atoms with E-state index in [4.69, 9.17) is 4.52 Å². The van der Waals surface area contributed by atoms with E-state index < -0.39 is 0 Å². The van der Waals surface area contributed by atoms with Crippen LogP contribution in [-0.4, -0.2) is 15.1 Å². The van der Waals surface area contributed by atoms with Gasteiger partial charge in [0.05, 0.1) is 6.20 Å². The standard InChI is InChI=1S/C8H7N3O/c1-6-4-7(11-12-6)8-5-9-2-3-10-8/h2-5H,1H3. The molecule has 0 amide bonds. The van der Waals surface area contributed by atoms with E-state index in [0.29, 0.717) is 0 Å². The van der Waals surface area contributed by atoms with Crippen molar-refractivity contribution in [2.45, 2.75) is 6.92 Å². The van der Waals surface area contributed by atoms with Gasteiger partial charge < -0.3 is 4.52 Å². The first-order valence-electron chi connectivity index (χ1n) is 3.56. The molecule has 60 valence electrons. The normalized spacial score (nSPS) is 10.1. The van der Waals surface area contributed by atoms with Crippen LogP contribution in [0.2, 0.25) is 0 Å². The number of rotatable bonds is 1. The third kappa shape index (κ3) is 1.18. The molecule has 0 aromatic carbocycles. The fraction of sp³-hybridized carbons (Fsp3) is 0.125. The second-order valence-electron chi connectivity index (χ2n) is 2.41. The summed E-state index contributed by atoms with van der Waals surface area (Å²) in [4.78, 5) is 8.00. The van der Waals surface area contributed by atoms with Gasteiger partial charge in [-0.05, 0) is 6.92 Å². The molecule has 4 heteroatoms. The van der Waals surface area contributed by atoms with Crippen molar-refractivity contribution in [3.05, 3.63) is 30.4 Å². The number of nitrogens with zero attached hydrogens (tertiary/aromatic N) is 3. The smallest absolute Gasteiger partial charge is 0.134 e. The van der Waals surface area contributed by atoms with Crippen molar-refractivity contribution in [1.82, 2.24) is 15.1 Å². The van der Waals surface area contributed by atoms with E-state index in [1.54, 1.807) is 18.6 Å². The molecule has 0 spiro atoms. The lowest BCUT2D eigenvalue weighted by Gasteiger charge is -1.89. The highest BCUT2D eigenvalue weighted by atomic mass is 16.5. The van der Waals surface area contributed by atoms with Crippen molar-refractivity contribution in [1.29, 1.82) is 0 Å². The minimum Gasteiger partial charge on any atom is -0.361 e. The van der Waals surface area contributed by atoms with E-state index in [1.165, 1.54) is 0 Å². The zero-order valence-corrected chi connectivity index (χ0v) is 6.56. The second-order valence-corrected chi connectivity index (χ2v) is 2.41. The molecule has 0 N–H and O–H groups in total. The van der Waals surface area contributed by atoms with Crippen molar-refractivity contribution < 1.29 is 4.52 Å². The molecule has 12 heavy (non-hydrogen) atoms. The summed E-state index contributed by atoms with van der Waals surface area (Å²) in [6, 6.07) is 1.82. The molecule has 0 atom stereocenters. The van der Waals surface area contributed by atoms with E-state index in [1.807, 2.05) is 13.0 Å². The number of aryl methyl sites for hydroxylation is 1. The lowest BCUT2D eigenvalue weighted by Crippen LogP contribution is -1.82. The van der Waals surface area contributed by atoms with Crippen molar-refractivity contribution >= 4 is 0 Å². The molecule has 0 saturated heterocycles. The maximum absolute atomic E-state index is 4.90. The average Bonchev–Trinajstić information content (AvgIpc) is 2.54. The lowest BCUT2D eigenvalue weighted by molar-refractivity contribution is 0.399. The first-order chi connectivity index (χ1) is 5.86. The maximum atomic E-state index is 4.90. The summed E-state index contributed by atoms with van der Waals surface area (Å²) in [7, 11) is 0. The summed E-state index contributed by atoms with van der Waals surface area (Å²) >= 11 is 0. The quantitative estimate of drug-likeness (QED) is 0.635. The van der Waals surface area contributed by atoms with Gasteiger partial charge in [0.25, 0.3) is 0 Å². The average molecular weight is 161 g/mol. The number of hydrogen-bond donors (Lipinski definition) is 0. The molecule has 0 fully saturated rings. The van der Waals surface area contributed by atoms with Crippen LogP contribution in [0.4, 0.5) is 0 Å². The highest BCUT2D eigenvalue weighted by molar-refractivity contribution is 5.51. The summed E-state index contributed by atoms with van der Waals surface area (Å²) in [6.45, 7) is 1.84. The summed E-state index contributed by atoms with van der Waals surface area (Å²) in [6.07, 6.45) is 4.90. The summed E-state index contributed by atoms with van der Waals surface area (Å²) in [5, 5.41) is 3.81. The Hall–Kier alpha value is -1.71. The SMILES string of the molecule is Cc1cc(-c2cnccn2)no1. The Morgan fingerprint density at radius 1 is 1.25 bits per heavy atom. The minimum atomic E-state index is 0.723. The van der Waals surface area contributed by atoms with Gasteiger partial charge in [0.15, 0.2) is 0 Å². The molecule has 0 aliphatic heterocycles. The molecule has 0 aliphatic carbocycles. The predicted molar refractivity (Wildman–Crippen MR) is 42.3 cm³/mol. The van der Waals surface area contributed by atoms with Crippen LogP contribution in [0.1, 0.15) is 5.76 Å². The van der Waals surface area contributed by atoms with Gasteiger partial charge in [-0.15, -0.1) is 0 Å². The molecule has 0 unspecified atom stereocenters. The fourth-order valence-corrected chi connectivity index (χ4v) is 0.918. The molecule has 2 heterocycles. The third-order valence-corrected chi connectivity index (χ3v) is 1.45. The van der Waals surface area contributed by atoms with Crippen molar-refractivity contribution in [2.24, 2.45) is 0 Å². The number of hydrogen-bond acceptors (Lipinski definition) is 4. The lowest BCUT2D eigenvalue weighted by atomic mass is 10.3. The predicted octanol–water partition coefficient (Wildman–Crippen LogP) is 1.44. The highest BCUT2D eigenvalue weighted by Gasteiger charge is 2.03. The zero-order chi connectivity index (χ0) is 8.39. The van der Waals surface area contributed by atoms with Gasteiger partial charge in [-0.25, -0.2) is 0 Å². The third-order valence-electron chi connectivity index (χ3n) is 1.45. The molecule has 0 aliphatic rings. The van der Waals surface area contributed by atoms with Crippen molar-refractivity contribution in [2.75, 3.05) is 0 Å².